The summed E-state index contributed by atoms with van der Waals surface area (Å²) in [6, 6.07) is 7.99. The predicted octanol–water partition coefficient (Wildman–Crippen LogP) is 2.89. The smallest absolute Gasteiger partial charge is 0.192 e. The van der Waals surface area contributed by atoms with Gasteiger partial charge in [-0.2, -0.15) is 0 Å². The van der Waals surface area contributed by atoms with Gasteiger partial charge in [-0.1, -0.05) is 15.9 Å². The quantitative estimate of drug-likeness (QED) is 0.882. The molecule has 0 aliphatic carbocycles. The minimum absolute atomic E-state index is 0.639. The monoisotopic (exact) mass is 309 g/mol. The second-order valence-electron chi connectivity index (χ2n) is 3.42. The average Bonchev–Trinajstić information content (AvgIpc) is 2.34. The molecule has 0 spiro atoms. The Bertz CT molecular complexity index is 490. The fourth-order valence-corrected chi connectivity index (χ4v) is 2.70. The molecule has 0 atom stereocenters. The maximum absolute atomic E-state index is 5.62. The summed E-state index contributed by atoms with van der Waals surface area (Å²) in [6.45, 7) is 0.639. The van der Waals surface area contributed by atoms with Crippen molar-refractivity contribution in [2.45, 2.75) is 16.5 Å². The van der Waals surface area contributed by atoms with Crippen LogP contribution in [-0.4, -0.2) is 16.5 Å². The van der Waals surface area contributed by atoms with Gasteiger partial charge >= 0.3 is 0 Å². The Hall–Kier alpha value is -0.910. The molecule has 0 fully saturated rings. The SMILES string of the molecule is NCCc1cc(Br)ccc1Sc1ncccn1. The van der Waals surface area contributed by atoms with Gasteiger partial charge in [-0.05, 0) is 54.6 Å². The molecule has 0 saturated carbocycles. The van der Waals surface area contributed by atoms with Gasteiger partial charge in [-0.3, -0.25) is 0 Å². The Morgan fingerprint density at radius 1 is 1.24 bits per heavy atom. The molecule has 2 N–H and O–H groups in total. The minimum Gasteiger partial charge on any atom is -0.330 e. The number of nitrogens with two attached hydrogens (primary N) is 1. The van der Waals surface area contributed by atoms with Crippen LogP contribution in [0.3, 0.4) is 0 Å². The van der Waals surface area contributed by atoms with Gasteiger partial charge in [0, 0.05) is 21.8 Å². The highest BCUT2D eigenvalue weighted by molar-refractivity contribution is 9.10. The van der Waals surface area contributed by atoms with E-state index in [2.05, 4.69) is 38.0 Å². The van der Waals surface area contributed by atoms with Crippen molar-refractivity contribution in [2.24, 2.45) is 5.73 Å². The lowest BCUT2D eigenvalue weighted by Crippen LogP contribution is -2.03. The highest BCUT2D eigenvalue weighted by atomic mass is 79.9. The molecule has 0 unspecified atom stereocenters. The van der Waals surface area contributed by atoms with Gasteiger partial charge in [0.1, 0.15) is 0 Å². The van der Waals surface area contributed by atoms with Crippen LogP contribution in [0.2, 0.25) is 0 Å². The summed E-state index contributed by atoms with van der Waals surface area (Å²) >= 11 is 5.03. The lowest BCUT2D eigenvalue weighted by atomic mass is 10.1. The second kappa shape index (κ2) is 6.14. The number of halogens is 1. The molecule has 0 radical (unpaired) electrons. The number of benzene rings is 1. The summed E-state index contributed by atoms with van der Waals surface area (Å²) in [5, 5.41) is 0.757. The third-order valence-electron chi connectivity index (χ3n) is 2.18. The molecule has 2 rings (SSSR count). The van der Waals surface area contributed by atoms with Crippen molar-refractivity contribution in [1.29, 1.82) is 0 Å². The van der Waals surface area contributed by atoms with Crippen LogP contribution in [0.25, 0.3) is 0 Å². The predicted molar refractivity (Wildman–Crippen MR) is 73.1 cm³/mol. The van der Waals surface area contributed by atoms with Crippen molar-refractivity contribution in [1.82, 2.24) is 9.97 Å². The molecule has 1 aromatic carbocycles. The average molecular weight is 310 g/mol. The van der Waals surface area contributed by atoms with Crippen LogP contribution in [0.15, 0.2) is 51.2 Å². The summed E-state index contributed by atoms with van der Waals surface area (Å²) in [7, 11) is 0. The maximum Gasteiger partial charge on any atom is 0.192 e. The molecule has 2 aromatic rings. The van der Waals surface area contributed by atoms with Crippen molar-refractivity contribution in [3.05, 3.63) is 46.7 Å². The van der Waals surface area contributed by atoms with Gasteiger partial charge in [0.15, 0.2) is 5.16 Å². The van der Waals surface area contributed by atoms with E-state index in [4.69, 9.17) is 5.73 Å². The van der Waals surface area contributed by atoms with E-state index in [0.29, 0.717) is 6.54 Å². The molecular formula is C12H12BrN3S. The normalized spacial score (nSPS) is 10.5. The number of rotatable bonds is 4. The Kier molecular flexibility index (Phi) is 4.53. The molecule has 0 aliphatic heterocycles. The number of nitrogens with zero attached hydrogens (tertiary/aromatic N) is 2. The number of hydrogen-bond acceptors (Lipinski definition) is 4. The number of aromatic nitrogens is 2. The molecule has 0 aliphatic rings. The standard InChI is InChI=1S/C12H12BrN3S/c13-10-2-3-11(9(8-10)4-5-14)17-12-15-6-1-7-16-12/h1-3,6-8H,4-5,14H2. The Morgan fingerprint density at radius 2 is 2.00 bits per heavy atom. The zero-order valence-electron chi connectivity index (χ0n) is 9.14. The van der Waals surface area contributed by atoms with Crippen LogP contribution in [0.4, 0.5) is 0 Å². The molecule has 3 nitrogen and oxygen atoms in total. The van der Waals surface area contributed by atoms with Gasteiger partial charge in [0.2, 0.25) is 0 Å². The van der Waals surface area contributed by atoms with Crippen molar-refractivity contribution in [3.63, 3.8) is 0 Å². The van der Waals surface area contributed by atoms with Crippen LogP contribution in [0.1, 0.15) is 5.56 Å². The Balaban J connectivity index is 2.26. The van der Waals surface area contributed by atoms with Crippen molar-refractivity contribution in [3.8, 4) is 0 Å². The first-order chi connectivity index (χ1) is 8.29. The first kappa shape index (κ1) is 12.5. The Morgan fingerprint density at radius 3 is 2.71 bits per heavy atom. The second-order valence-corrected chi connectivity index (χ2v) is 5.35. The van der Waals surface area contributed by atoms with Crippen LogP contribution < -0.4 is 5.73 Å². The van der Waals surface area contributed by atoms with Crippen LogP contribution in [0, 0.1) is 0 Å². The van der Waals surface area contributed by atoms with E-state index < -0.39 is 0 Å². The van der Waals surface area contributed by atoms with Crippen molar-refractivity contribution in [2.75, 3.05) is 6.54 Å². The molecule has 5 heteroatoms. The highest BCUT2D eigenvalue weighted by Crippen LogP contribution is 2.29. The molecule has 17 heavy (non-hydrogen) atoms. The molecule has 0 saturated heterocycles. The topological polar surface area (TPSA) is 51.8 Å². The summed E-state index contributed by atoms with van der Waals surface area (Å²) in [5.41, 5.74) is 6.84. The zero-order valence-corrected chi connectivity index (χ0v) is 11.5. The lowest BCUT2D eigenvalue weighted by molar-refractivity contribution is 0.933. The zero-order chi connectivity index (χ0) is 12.1. The maximum atomic E-state index is 5.62. The van der Waals surface area contributed by atoms with Crippen LogP contribution in [0.5, 0.6) is 0 Å². The molecule has 88 valence electrons. The fraction of sp³-hybridized carbons (Fsp3) is 0.167. The third kappa shape index (κ3) is 3.52. The molecular weight excluding hydrogens is 298 g/mol. The number of hydrogen-bond donors (Lipinski definition) is 1. The first-order valence-corrected chi connectivity index (χ1v) is 6.84. The van der Waals surface area contributed by atoms with E-state index in [1.54, 1.807) is 24.2 Å². The van der Waals surface area contributed by atoms with E-state index in [0.717, 1.165) is 20.9 Å². The summed E-state index contributed by atoms with van der Waals surface area (Å²) in [4.78, 5) is 9.57. The largest absolute Gasteiger partial charge is 0.330 e. The van der Waals surface area contributed by atoms with Crippen LogP contribution >= 0.6 is 27.7 Å². The highest BCUT2D eigenvalue weighted by Gasteiger charge is 2.06. The molecule has 1 aromatic heterocycles. The molecule has 0 bridgehead atoms. The fourth-order valence-electron chi connectivity index (χ4n) is 1.43. The summed E-state index contributed by atoms with van der Waals surface area (Å²) < 4.78 is 1.07. The van der Waals surface area contributed by atoms with Crippen LogP contribution in [-0.2, 0) is 6.42 Å². The third-order valence-corrected chi connectivity index (χ3v) is 3.68. The lowest BCUT2D eigenvalue weighted by Gasteiger charge is -2.07. The van der Waals surface area contributed by atoms with E-state index >= 15 is 0 Å². The van der Waals surface area contributed by atoms with E-state index in [-0.39, 0.29) is 0 Å². The van der Waals surface area contributed by atoms with Crippen molar-refractivity contribution >= 4 is 27.7 Å². The van der Waals surface area contributed by atoms with Gasteiger partial charge < -0.3 is 5.73 Å². The van der Waals surface area contributed by atoms with Gasteiger partial charge in [0.25, 0.3) is 0 Å². The van der Waals surface area contributed by atoms with E-state index in [9.17, 15) is 0 Å². The van der Waals surface area contributed by atoms with E-state index in [1.165, 1.54) is 5.56 Å². The Labute approximate surface area is 113 Å². The first-order valence-electron chi connectivity index (χ1n) is 5.23. The van der Waals surface area contributed by atoms with E-state index in [1.807, 2.05) is 12.1 Å². The summed E-state index contributed by atoms with van der Waals surface area (Å²) in [5.74, 6) is 0. The van der Waals surface area contributed by atoms with Gasteiger partial charge in [0.05, 0.1) is 0 Å². The summed E-state index contributed by atoms with van der Waals surface area (Å²) in [6.07, 6.45) is 4.35. The molecule has 1 heterocycles. The van der Waals surface area contributed by atoms with Gasteiger partial charge in [-0.25, -0.2) is 9.97 Å². The minimum atomic E-state index is 0.639. The molecule has 0 amide bonds. The van der Waals surface area contributed by atoms with Gasteiger partial charge in [-0.15, -0.1) is 0 Å². The van der Waals surface area contributed by atoms with Crippen molar-refractivity contribution < 1.29 is 0 Å².